The van der Waals surface area contributed by atoms with Gasteiger partial charge in [-0.2, -0.15) is 0 Å². The first kappa shape index (κ1) is 13.2. The molecule has 2 aromatic heterocycles. The lowest BCUT2D eigenvalue weighted by Gasteiger charge is -2.07. The Morgan fingerprint density at radius 1 is 1.32 bits per heavy atom. The summed E-state index contributed by atoms with van der Waals surface area (Å²) in [4.78, 5) is 12.4. The molecule has 0 amide bonds. The van der Waals surface area contributed by atoms with Crippen LogP contribution in [0.15, 0.2) is 18.3 Å². The highest BCUT2D eigenvalue weighted by atomic mass is 19.1. The number of aryl methyl sites for hydroxylation is 1. The molecule has 0 aliphatic heterocycles. The Hall–Kier alpha value is -2.24. The maximum absolute atomic E-state index is 13.6. The number of rotatable bonds is 4. The summed E-state index contributed by atoms with van der Waals surface area (Å²) in [5.74, 6) is 0.897. The Kier molecular flexibility index (Phi) is 3.89. The lowest BCUT2D eigenvalue weighted by Crippen LogP contribution is -2.06. The third-order valence-corrected chi connectivity index (χ3v) is 2.67. The summed E-state index contributed by atoms with van der Waals surface area (Å²) in [7, 11) is 3.19. The monoisotopic (exact) mass is 262 g/mol. The maximum atomic E-state index is 13.6. The van der Waals surface area contributed by atoms with Gasteiger partial charge in [-0.05, 0) is 12.5 Å². The Morgan fingerprint density at radius 2 is 2.11 bits per heavy atom. The fourth-order valence-electron chi connectivity index (χ4n) is 1.68. The average molecular weight is 262 g/mol. The Balaban J connectivity index is 2.25. The fourth-order valence-corrected chi connectivity index (χ4v) is 1.68. The van der Waals surface area contributed by atoms with Gasteiger partial charge in [0.25, 0.3) is 0 Å². The molecular weight excluding hydrogens is 247 g/mol. The van der Waals surface area contributed by atoms with Crippen molar-refractivity contribution in [3.8, 4) is 5.88 Å². The van der Waals surface area contributed by atoms with Gasteiger partial charge >= 0.3 is 0 Å². The first-order valence-electron chi connectivity index (χ1n) is 5.83. The summed E-state index contributed by atoms with van der Waals surface area (Å²) in [5.41, 5.74) is 1.27. The largest absolute Gasteiger partial charge is 0.481 e. The van der Waals surface area contributed by atoms with Crippen molar-refractivity contribution in [2.24, 2.45) is 0 Å². The molecule has 0 saturated carbocycles. The molecule has 0 saturated heterocycles. The summed E-state index contributed by atoms with van der Waals surface area (Å²) in [5, 5.41) is 2.72. The lowest BCUT2D eigenvalue weighted by molar-refractivity contribution is 0.397. The number of methoxy groups -OCH3 is 1. The SMILES string of the molecule is CNc1nc(Cc2ccc(OC)nc2)nc(C)c1F. The molecule has 2 rings (SSSR count). The predicted octanol–water partition coefficient (Wildman–Crippen LogP) is 1.96. The summed E-state index contributed by atoms with van der Waals surface area (Å²) in [6.45, 7) is 1.62. The van der Waals surface area contributed by atoms with Gasteiger partial charge in [0.15, 0.2) is 11.6 Å². The van der Waals surface area contributed by atoms with E-state index >= 15 is 0 Å². The zero-order valence-electron chi connectivity index (χ0n) is 11.1. The standard InChI is InChI=1S/C13H15FN4O/c1-8-12(14)13(15-2)18-10(17-8)6-9-4-5-11(19-3)16-7-9/h4-5,7H,6H2,1-3H3,(H,15,17,18). The van der Waals surface area contributed by atoms with Gasteiger partial charge in [-0.25, -0.2) is 19.3 Å². The topological polar surface area (TPSA) is 59.9 Å². The molecule has 19 heavy (non-hydrogen) atoms. The van der Waals surface area contributed by atoms with Gasteiger partial charge in [-0.15, -0.1) is 0 Å². The zero-order valence-corrected chi connectivity index (χ0v) is 11.1. The van der Waals surface area contributed by atoms with Gasteiger partial charge in [0.1, 0.15) is 5.82 Å². The van der Waals surface area contributed by atoms with Crippen molar-refractivity contribution in [2.75, 3.05) is 19.5 Å². The molecule has 0 aliphatic carbocycles. The minimum atomic E-state index is -0.417. The molecule has 1 N–H and O–H groups in total. The molecular formula is C13H15FN4O. The van der Waals surface area contributed by atoms with Crippen LogP contribution in [0.4, 0.5) is 10.2 Å². The third kappa shape index (κ3) is 2.96. The van der Waals surface area contributed by atoms with Crippen LogP contribution in [0.25, 0.3) is 0 Å². The van der Waals surface area contributed by atoms with Gasteiger partial charge in [0.2, 0.25) is 5.88 Å². The van der Waals surface area contributed by atoms with Gasteiger partial charge < -0.3 is 10.1 Å². The van der Waals surface area contributed by atoms with Crippen LogP contribution in [0.2, 0.25) is 0 Å². The number of anilines is 1. The molecule has 6 heteroatoms. The smallest absolute Gasteiger partial charge is 0.212 e. The van der Waals surface area contributed by atoms with Crippen LogP contribution >= 0.6 is 0 Å². The van der Waals surface area contributed by atoms with E-state index in [9.17, 15) is 4.39 Å². The van der Waals surface area contributed by atoms with Crippen molar-refractivity contribution < 1.29 is 9.13 Å². The van der Waals surface area contributed by atoms with Crippen LogP contribution in [0.3, 0.4) is 0 Å². The highest BCUT2D eigenvalue weighted by Crippen LogP contribution is 2.15. The van der Waals surface area contributed by atoms with Crippen molar-refractivity contribution in [1.82, 2.24) is 15.0 Å². The number of hydrogen-bond donors (Lipinski definition) is 1. The van der Waals surface area contributed by atoms with Crippen LogP contribution in [-0.4, -0.2) is 29.1 Å². The number of halogens is 1. The van der Waals surface area contributed by atoms with E-state index in [0.29, 0.717) is 23.8 Å². The van der Waals surface area contributed by atoms with Crippen molar-refractivity contribution >= 4 is 5.82 Å². The van der Waals surface area contributed by atoms with Crippen molar-refractivity contribution in [3.63, 3.8) is 0 Å². The summed E-state index contributed by atoms with van der Waals surface area (Å²) >= 11 is 0. The lowest BCUT2D eigenvalue weighted by atomic mass is 10.2. The fraction of sp³-hybridized carbons (Fsp3) is 0.308. The van der Waals surface area contributed by atoms with Gasteiger partial charge in [-0.1, -0.05) is 6.07 Å². The molecule has 2 aromatic rings. The van der Waals surface area contributed by atoms with E-state index in [1.54, 1.807) is 33.3 Å². The number of hydrogen-bond acceptors (Lipinski definition) is 5. The normalized spacial score (nSPS) is 10.3. The van der Waals surface area contributed by atoms with Crippen LogP contribution in [0.1, 0.15) is 17.1 Å². The number of aromatic nitrogens is 3. The first-order valence-corrected chi connectivity index (χ1v) is 5.83. The summed E-state index contributed by atoms with van der Waals surface area (Å²) in [6, 6.07) is 3.65. The van der Waals surface area contributed by atoms with E-state index in [1.807, 2.05) is 6.07 Å². The molecule has 5 nitrogen and oxygen atoms in total. The van der Waals surface area contributed by atoms with E-state index in [0.717, 1.165) is 5.56 Å². The molecule has 0 atom stereocenters. The average Bonchev–Trinajstić information content (AvgIpc) is 2.43. The van der Waals surface area contributed by atoms with Crippen LogP contribution in [-0.2, 0) is 6.42 Å². The molecule has 0 spiro atoms. The predicted molar refractivity (Wildman–Crippen MR) is 69.9 cm³/mol. The quantitative estimate of drug-likeness (QED) is 0.912. The van der Waals surface area contributed by atoms with Gasteiger partial charge in [0.05, 0.1) is 12.8 Å². The minimum Gasteiger partial charge on any atom is -0.481 e. The maximum Gasteiger partial charge on any atom is 0.212 e. The second kappa shape index (κ2) is 5.60. The molecule has 2 heterocycles. The number of ether oxygens (including phenoxy) is 1. The summed E-state index contributed by atoms with van der Waals surface area (Å²) < 4.78 is 18.6. The van der Waals surface area contributed by atoms with Gasteiger partial charge in [-0.3, -0.25) is 0 Å². The van der Waals surface area contributed by atoms with Crippen LogP contribution < -0.4 is 10.1 Å². The Labute approximate surface area is 110 Å². The molecule has 0 aromatic carbocycles. The minimum absolute atomic E-state index is 0.212. The van der Waals surface area contributed by atoms with Crippen LogP contribution in [0.5, 0.6) is 5.88 Å². The van der Waals surface area contributed by atoms with Gasteiger partial charge in [0, 0.05) is 25.7 Å². The Bertz CT molecular complexity index is 572. The van der Waals surface area contributed by atoms with E-state index in [-0.39, 0.29) is 5.82 Å². The third-order valence-electron chi connectivity index (χ3n) is 2.67. The van der Waals surface area contributed by atoms with E-state index in [1.165, 1.54) is 0 Å². The zero-order chi connectivity index (χ0) is 13.8. The first-order chi connectivity index (χ1) is 9.13. The number of nitrogens with one attached hydrogen (secondary N) is 1. The number of pyridine rings is 1. The highest BCUT2D eigenvalue weighted by Gasteiger charge is 2.10. The molecule has 0 unspecified atom stereocenters. The van der Waals surface area contributed by atoms with E-state index in [2.05, 4.69) is 20.3 Å². The molecule has 0 radical (unpaired) electrons. The second-order valence-corrected chi connectivity index (χ2v) is 4.02. The molecule has 0 fully saturated rings. The molecule has 0 bridgehead atoms. The van der Waals surface area contributed by atoms with E-state index in [4.69, 9.17) is 4.74 Å². The highest BCUT2D eigenvalue weighted by molar-refractivity contribution is 5.37. The second-order valence-electron chi connectivity index (χ2n) is 4.02. The van der Waals surface area contributed by atoms with Crippen LogP contribution in [0, 0.1) is 12.7 Å². The van der Waals surface area contributed by atoms with E-state index < -0.39 is 5.82 Å². The summed E-state index contributed by atoms with van der Waals surface area (Å²) in [6.07, 6.45) is 2.19. The van der Waals surface area contributed by atoms with Crippen molar-refractivity contribution in [1.29, 1.82) is 0 Å². The number of nitrogens with zero attached hydrogens (tertiary/aromatic N) is 3. The van der Waals surface area contributed by atoms with Crippen molar-refractivity contribution in [3.05, 3.63) is 41.2 Å². The molecule has 100 valence electrons. The molecule has 0 aliphatic rings. The Morgan fingerprint density at radius 3 is 2.68 bits per heavy atom. The van der Waals surface area contributed by atoms with Crippen molar-refractivity contribution in [2.45, 2.75) is 13.3 Å².